The van der Waals surface area contributed by atoms with Crippen molar-refractivity contribution in [3.05, 3.63) is 0 Å². The molecule has 804 valence electrons. The zero-order valence-corrected chi connectivity index (χ0v) is 94.4. The van der Waals surface area contributed by atoms with E-state index in [2.05, 4.69) is 243 Å². The highest BCUT2D eigenvalue weighted by Gasteiger charge is 2.39. The molecule has 30 heteroatoms. The van der Waals surface area contributed by atoms with E-state index in [4.69, 9.17) is 19.5 Å². The Hall–Kier alpha value is -4.36. The maximum Gasteiger partial charge on any atom is 0.223 e. The maximum atomic E-state index is 12.3. The van der Waals surface area contributed by atoms with Crippen LogP contribution in [0, 0.1) is 55.2 Å². The van der Waals surface area contributed by atoms with E-state index in [1.54, 1.807) is 0 Å². The van der Waals surface area contributed by atoms with Crippen LogP contribution in [-0.4, -0.2) is 420 Å². The first kappa shape index (κ1) is 122. The van der Waals surface area contributed by atoms with Gasteiger partial charge in [0.1, 0.15) is 0 Å². The van der Waals surface area contributed by atoms with Gasteiger partial charge in [-0.2, -0.15) is 17.0 Å². The number of carbonyl (C=O) groups excluding carboxylic acids is 7. The summed E-state index contributed by atoms with van der Waals surface area (Å²) in [5.74, 6) is 6.18. The summed E-state index contributed by atoms with van der Waals surface area (Å²) in [5.41, 5.74) is 0.591. The Morgan fingerprint density at radius 1 is 0.367 bits per heavy atom. The van der Waals surface area contributed by atoms with E-state index in [0.29, 0.717) is 136 Å². The van der Waals surface area contributed by atoms with Gasteiger partial charge in [-0.3, -0.25) is 63.0 Å². The monoisotopic (exact) mass is 1990 g/mol. The summed E-state index contributed by atoms with van der Waals surface area (Å²) in [6, 6.07) is 6.93. The van der Waals surface area contributed by atoms with Crippen LogP contribution >= 0.6 is 11.8 Å². The van der Waals surface area contributed by atoms with Crippen LogP contribution in [0.4, 0.5) is 0 Å². The summed E-state index contributed by atoms with van der Waals surface area (Å²) in [7, 11) is 1.61. The summed E-state index contributed by atoms with van der Waals surface area (Å²) in [4.78, 5) is 117. The number of likely N-dealkylation sites (N-methyl/N-ethyl adjacent to an activating group) is 2. The number of piperidine rings is 5. The molecule has 0 aromatic heterocycles. The van der Waals surface area contributed by atoms with Gasteiger partial charge in [0.05, 0.1) is 37.4 Å². The second-order valence-electron chi connectivity index (χ2n) is 51.3. The molecule has 13 rings (SSSR count). The van der Waals surface area contributed by atoms with Crippen molar-refractivity contribution >= 4 is 62.9 Å². The number of rotatable bonds is 19. The van der Waals surface area contributed by atoms with Crippen molar-refractivity contribution in [2.45, 2.75) is 355 Å². The van der Waals surface area contributed by atoms with Crippen LogP contribution in [0.1, 0.15) is 306 Å². The Balaban J connectivity index is 0.000000221. The molecular formula is C109H204N16O12S2. The summed E-state index contributed by atoms with van der Waals surface area (Å²) >= 11 is 2.08. The summed E-state index contributed by atoms with van der Waals surface area (Å²) in [6.45, 7) is 78.2. The second-order valence-corrected chi connectivity index (χ2v) is 54.9. The first-order valence-electron chi connectivity index (χ1n) is 54.7. The number of carbonyl (C=O) groups is 7. The number of hydrogen-bond acceptors (Lipinski definition) is 22. The zero-order valence-electron chi connectivity index (χ0n) is 92.8. The molecule has 13 aliphatic heterocycles. The van der Waals surface area contributed by atoms with Gasteiger partial charge in [0.2, 0.25) is 41.4 Å². The minimum Gasteiger partial charge on any atom is -0.381 e. The molecule has 0 spiro atoms. The molecule has 1 N–H and O–H groups in total. The largest absolute Gasteiger partial charge is 0.381 e. The highest BCUT2D eigenvalue weighted by molar-refractivity contribution is 7.99. The van der Waals surface area contributed by atoms with Gasteiger partial charge in [0.15, 0.2) is 9.84 Å². The van der Waals surface area contributed by atoms with Gasteiger partial charge >= 0.3 is 0 Å². The standard InChI is InChI=1S/C16H31N3O.3C16H30N2O2.C15H27N3O.C15H28N2O3S.C15H28N2OS/c1-16(2,3)13-15(20)19-7-5-14(6-8-19)18-11-9-17(4)10-12-18;1-16(2,3)12-15(19)18-8-6-17(7-9-18)13-14-4-10-20-11-5-14;1-16(2,3)11-15(19)18-8-5-13(6-9-18)17(4)14-7-10-20-12-14;1-13-12-20-10-9-18(13)14-5-7-17(8-6-14)15(19)11-16(2,3)4;1-15(2,3)12-14(19)18-10-6-13(7-11-18)17-9-5-4-8-16;1-15(2,3)12-14(18)17-6-4-13(5-7-17)16-8-10-21(19,20)11-9-16;1-15(2,3)12-14(18)17-8-6-16(7-9-17)13-4-10-19-11-5-13/h14H,5-13H2,1-4H3;14H,4-13H2,1-3H3;2*13-14H,5-12H2,1-4H3;13,17H,4-7,9-12H2,1-3H3;13H,4-12H2,1-3H3;13H,4-12H2,1-3H3/t;;14-;13-;;;/m..10.../s1. The van der Waals surface area contributed by atoms with E-state index < -0.39 is 9.84 Å². The minimum atomic E-state index is -2.81. The van der Waals surface area contributed by atoms with E-state index in [0.717, 1.165) is 260 Å². The van der Waals surface area contributed by atoms with Gasteiger partial charge in [0.25, 0.3) is 0 Å². The van der Waals surface area contributed by atoms with Crippen LogP contribution in [0.3, 0.4) is 0 Å². The molecule has 0 bridgehead atoms. The number of hydrogen-bond donors (Lipinski definition) is 1. The number of morpholine rings is 1. The fourth-order valence-electron chi connectivity index (χ4n) is 21.3. The summed E-state index contributed by atoms with van der Waals surface area (Å²) in [5, 5.41) is 11.9. The quantitative estimate of drug-likeness (QED) is 0.118. The molecule has 13 saturated heterocycles. The molecule has 0 unspecified atom stereocenters. The third-order valence-electron chi connectivity index (χ3n) is 29.6. The number of ether oxygens (including phenoxy) is 3. The Morgan fingerprint density at radius 2 is 0.691 bits per heavy atom. The van der Waals surface area contributed by atoms with E-state index in [-0.39, 0.29) is 61.2 Å². The minimum absolute atomic E-state index is 0.0369. The molecule has 0 aromatic rings. The molecule has 139 heavy (non-hydrogen) atoms. The van der Waals surface area contributed by atoms with Crippen molar-refractivity contribution in [3.63, 3.8) is 0 Å². The van der Waals surface area contributed by atoms with Crippen LogP contribution in [-0.2, 0) is 57.6 Å². The molecule has 13 fully saturated rings. The molecule has 7 amide bonds. The number of piperazine rings is 3. The number of nitriles is 1. The average molecular weight is 2000 g/mol. The predicted octanol–water partition coefficient (Wildman–Crippen LogP) is 13.8. The van der Waals surface area contributed by atoms with Crippen molar-refractivity contribution in [1.82, 2.24) is 73.9 Å². The first-order chi connectivity index (χ1) is 65.1. The molecule has 0 radical (unpaired) electrons. The number of likely N-dealkylation sites (tertiary alicyclic amines) is 5. The number of nitrogens with zero attached hydrogens (tertiary/aromatic N) is 15. The van der Waals surface area contributed by atoms with Crippen molar-refractivity contribution in [1.29, 1.82) is 5.26 Å². The Labute approximate surface area is 851 Å². The fraction of sp³-hybridized carbons (Fsp3) is 0.927. The lowest BCUT2D eigenvalue weighted by atomic mass is 9.91. The van der Waals surface area contributed by atoms with E-state index in [1.165, 1.54) is 69.9 Å². The smallest absolute Gasteiger partial charge is 0.223 e. The lowest BCUT2D eigenvalue weighted by Crippen LogP contribution is -2.53. The Bertz CT molecular complexity index is 3710. The van der Waals surface area contributed by atoms with Gasteiger partial charge in [0, 0.05) is 290 Å². The third kappa shape index (κ3) is 48.4. The lowest BCUT2D eigenvalue weighted by Gasteiger charge is -2.43. The topological polar surface area (TPSA) is 263 Å². The van der Waals surface area contributed by atoms with Crippen LogP contribution in [0.5, 0.6) is 0 Å². The normalized spacial score (nSPS) is 23.7. The van der Waals surface area contributed by atoms with Gasteiger partial charge in [-0.1, -0.05) is 145 Å². The molecule has 28 nitrogen and oxygen atoms in total. The predicted molar refractivity (Wildman–Crippen MR) is 568 cm³/mol. The molecule has 0 saturated carbocycles. The second kappa shape index (κ2) is 58.4. The summed E-state index contributed by atoms with van der Waals surface area (Å²) in [6.07, 6.45) is 23.0. The first-order valence-corrected chi connectivity index (χ1v) is 57.7. The van der Waals surface area contributed by atoms with Crippen LogP contribution in [0.15, 0.2) is 0 Å². The number of amides is 7. The molecule has 0 aromatic carbocycles. The summed E-state index contributed by atoms with van der Waals surface area (Å²) < 4.78 is 39.3. The number of thioether (sulfide) groups is 1. The maximum absolute atomic E-state index is 12.3. The lowest BCUT2D eigenvalue weighted by molar-refractivity contribution is -0.136. The van der Waals surface area contributed by atoms with Gasteiger partial charge < -0.3 is 58.7 Å². The van der Waals surface area contributed by atoms with Crippen molar-refractivity contribution in [2.24, 2.45) is 43.8 Å². The highest BCUT2D eigenvalue weighted by Crippen LogP contribution is 2.33. The Morgan fingerprint density at radius 3 is 1.05 bits per heavy atom. The number of nitrogens with one attached hydrogen (secondary N) is 1. The van der Waals surface area contributed by atoms with E-state index in [1.807, 2.05) is 14.7 Å². The van der Waals surface area contributed by atoms with Crippen LogP contribution in [0.25, 0.3) is 0 Å². The van der Waals surface area contributed by atoms with E-state index in [9.17, 15) is 42.0 Å². The van der Waals surface area contributed by atoms with Gasteiger partial charge in [-0.15, -0.1) is 0 Å². The molecule has 13 aliphatic rings. The molecular weight excluding hydrogens is 1790 g/mol. The van der Waals surface area contributed by atoms with Crippen molar-refractivity contribution in [3.8, 4) is 6.07 Å². The van der Waals surface area contributed by atoms with Gasteiger partial charge in [-0.25, -0.2) is 8.42 Å². The molecule has 13 heterocycles. The number of sulfone groups is 1. The third-order valence-corrected chi connectivity index (χ3v) is 32.3. The van der Waals surface area contributed by atoms with Crippen molar-refractivity contribution < 1.29 is 56.2 Å². The van der Waals surface area contributed by atoms with Crippen LogP contribution < -0.4 is 5.32 Å². The highest BCUT2D eigenvalue weighted by atomic mass is 32.2. The van der Waals surface area contributed by atoms with Gasteiger partial charge in [-0.05, 0) is 186 Å². The Kier molecular flexibility index (Phi) is 51.1. The molecule has 0 aliphatic carbocycles. The molecule has 2 atom stereocenters. The zero-order chi connectivity index (χ0) is 103. The SMILES string of the molecule is CC(C)(C)CC(=O)N1CCC(N2CCS(=O)(=O)CC2)CC1.CC(C)(C)CC(=O)N1CCC(NCCCC#N)CC1.CC(C)(C)CC(=O)N1CCN(C2CCSCC2)CC1.CC(C)(C)CC(=O)N1CCN(CC2CCOCC2)CC1.CN(C1CCN(C(=O)CC(C)(C)C)CC1)[C@@H]1CCOC1.CN1CCN(C2CCN(C(=O)CC(C)(C)C)CC2)CC1.C[C@H]1COCCN1C1CCN(C(=O)CC(C)(C)C)CC1. The average Bonchev–Trinajstić information content (AvgIpc) is 1.22. The number of unbranched alkanes of at least 4 members (excludes halogenated alkanes) is 1. The van der Waals surface area contributed by atoms with Crippen molar-refractivity contribution in [2.75, 3.05) is 253 Å². The van der Waals surface area contributed by atoms with E-state index >= 15 is 0 Å². The fourth-order valence-corrected chi connectivity index (χ4v) is 23.6. The van der Waals surface area contributed by atoms with Crippen LogP contribution in [0.2, 0.25) is 0 Å².